The maximum atomic E-state index is 13.5. The number of carbonyl (C=O) groups excluding carboxylic acids is 2. The van der Waals surface area contributed by atoms with Crippen molar-refractivity contribution in [1.29, 1.82) is 0 Å². The second kappa shape index (κ2) is 8.40. The largest absolute Gasteiger partial charge is 0.465 e. The molecule has 1 saturated carbocycles. The molecule has 0 amide bonds. The molecule has 2 atom stereocenters. The predicted octanol–water partition coefficient (Wildman–Crippen LogP) is 3.70. The lowest BCUT2D eigenvalue weighted by Gasteiger charge is -2.15. The van der Waals surface area contributed by atoms with Crippen molar-refractivity contribution in [2.24, 2.45) is 5.41 Å². The molecule has 1 fully saturated rings. The molecule has 0 bridgehead atoms. The molecule has 0 aromatic heterocycles. The Morgan fingerprint density at radius 2 is 1.43 bits per heavy atom. The lowest BCUT2D eigenvalue weighted by atomic mass is 9.98. The first-order chi connectivity index (χ1) is 14.2. The minimum Gasteiger partial charge on any atom is -0.465 e. The van der Waals surface area contributed by atoms with Gasteiger partial charge in [0.05, 0.1) is 18.1 Å². The summed E-state index contributed by atoms with van der Waals surface area (Å²) in [5, 5.41) is -0.964. The van der Waals surface area contributed by atoms with Gasteiger partial charge in [0, 0.05) is 10.9 Å². The molecule has 30 heavy (non-hydrogen) atoms. The van der Waals surface area contributed by atoms with E-state index >= 15 is 0 Å². The molecular formula is C22H23ClO6S. The van der Waals surface area contributed by atoms with Gasteiger partial charge in [0.25, 0.3) is 0 Å². The minimum atomic E-state index is -4.08. The van der Waals surface area contributed by atoms with Crippen LogP contribution >= 0.6 is 11.6 Å². The zero-order chi connectivity index (χ0) is 22.1. The van der Waals surface area contributed by atoms with Crippen LogP contribution in [0.25, 0.3) is 0 Å². The van der Waals surface area contributed by atoms with Gasteiger partial charge in [-0.3, -0.25) is 9.59 Å². The SMILES string of the molecule is CCOC(=O)C1(C(=O)OCC)[C@H](c2ccc(C)cc2)[C@@H]1S(=O)(=O)c1ccc(Cl)cc1. The van der Waals surface area contributed by atoms with Crippen LogP contribution in [0.4, 0.5) is 0 Å². The van der Waals surface area contributed by atoms with Gasteiger partial charge >= 0.3 is 11.9 Å². The van der Waals surface area contributed by atoms with E-state index in [1.54, 1.807) is 38.1 Å². The normalized spacial score (nSPS) is 19.7. The van der Waals surface area contributed by atoms with E-state index in [9.17, 15) is 18.0 Å². The monoisotopic (exact) mass is 450 g/mol. The topological polar surface area (TPSA) is 86.7 Å². The van der Waals surface area contributed by atoms with Gasteiger partial charge in [-0.15, -0.1) is 0 Å². The first-order valence-corrected chi connectivity index (χ1v) is 11.5. The molecule has 0 aliphatic heterocycles. The molecule has 0 heterocycles. The quantitative estimate of drug-likeness (QED) is 0.472. The number of rotatable bonds is 7. The molecule has 0 N–H and O–H groups in total. The number of esters is 2. The van der Waals surface area contributed by atoms with E-state index in [2.05, 4.69) is 0 Å². The Balaban J connectivity index is 2.19. The van der Waals surface area contributed by atoms with Crippen molar-refractivity contribution < 1.29 is 27.5 Å². The molecule has 8 heteroatoms. The lowest BCUT2D eigenvalue weighted by Crippen LogP contribution is -2.35. The van der Waals surface area contributed by atoms with Crippen LogP contribution < -0.4 is 0 Å². The van der Waals surface area contributed by atoms with Gasteiger partial charge in [-0.05, 0) is 50.6 Å². The third kappa shape index (κ3) is 3.61. The van der Waals surface area contributed by atoms with Crippen molar-refractivity contribution in [3.63, 3.8) is 0 Å². The van der Waals surface area contributed by atoms with Crippen LogP contribution in [0.1, 0.15) is 30.9 Å². The van der Waals surface area contributed by atoms with E-state index in [-0.39, 0.29) is 18.1 Å². The standard InChI is InChI=1S/C22H23ClO6S/c1-4-28-20(24)22(21(25)29-5-2)18(15-8-6-14(3)7-9-15)19(22)30(26,27)17-12-10-16(23)11-13-17/h6-13,18-19H,4-5H2,1-3H3/t18-,19+/m1/s1. The highest BCUT2D eigenvalue weighted by molar-refractivity contribution is 7.92. The molecule has 160 valence electrons. The van der Waals surface area contributed by atoms with E-state index < -0.39 is 38.4 Å². The van der Waals surface area contributed by atoms with E-state index in [1.165, 1.54) is 24.3 Å². The van der Waals surface area contributed by atoms with Crippen LogP contribution in [-0.2, 0) is 28.9 Å². The average Bonchev–Trinajstić information content (AvgIpc) is 3.42. The van der Waals surface area contributed by atoms with Crippen LogP contribution in [-0.4, -0.2) is 38.8 Å². The highest BCUT2D eigenvalue weighted by atomic mass is 35.5. The molecule has 0 radical (unpaired) electrons. The van der Waals surface area contributed by atoms with Gasteiger partial charge in [0.1, 0.15) is 5.25 Å². The van der Waals surface area contributed by atoms with Gasteiger partial charge in [-0.25, -0.2) is 8.42 Å². The maximum absolute atomic E-state index is 13.5. The highest BCUT2D eigenvalue weighted by Gasteiger charge is 2.81. The molecular weight excluding hydrogens is 428 g/mol. The lowest BCUT2D eigenvalue weighted by molar-refractivity contribution is -0.164. The number of hydrogen-bond donors (Lipinski definition) is 0. The summed E-state index contributed by atoms with van der Waals surface area (Å²) in [4.78, 5) is 26.0. The molecule has 1 aliphatic carbocycles. The van der Waals surface area contributed by atoms with Gasteiger partial charge in [-0.2, -0.15) is 0 Å². The summed E-state index contributed by atoms with van der Waals surface area (Å²) >= 11 is 5.89. The van der Waals surface area contributed by atoms with Crippen molar-refractivity contribution in [3.05, 3.63) is 64.7 Å². The Hall–Kier alpha value is -2.38. The Kier molecular flexibility index (Phi) is 6.24. The molecule has 6 nitrogen and oxygen atoms in total. The molecule has 2 aromatic carbocycles. The number of sulfone groups is 1. The van der Waals surface area contributed by atoms with Crippen LogP contribution in [0.3, 0.4) is 0 Å². The molecule has 0 spiro atoms. The van der Waals surface area contributed by atoms with Crippen molar-refractivity contribution in [1.82, 2.24) is 0 Å². The number of ether oxygens (including phenoxy) is 2. The summed E-state index contributed by atoms with van der Waals surface area (Å²) in [5.74, 6) is -2.70. The number of aryl methyl sites for hydroxylation is 1. The summed E-state index contributed by atoms with van der Waals surface area (Å²) < 4.78 is 37.4. The fraction of sp³-hybridized carbons (Fsp3) is 0.364. The Morgan fingerprint density at radius 3 is 1.90 bits per heavy atom. The third-order valence-corrected chi connectivity index (χ3v) is 7.77. The van der Waals surface area contributed by atoms with Gasteiger partial charge in [-0.1, -0.05) is 41.4 Å². The highest BCUT2D eigenvalue weighted by Crippen LogP contribution is 2.65. The van der Waals surface area contributed by atoms with E-state index in [1.807, 2.05) is 6.92 Å². The van der Waals surface area contributed by atoms with Crippen LogP contribution in [0, 0.1) is 12.3 Å². The minimum absolute atomic E-state index is 0.00825. The van der Waals surface area contributed by atoms with Crippen molar-refractivity contribution >= 4 is 33.4 Å². The second-order valence-corrected chi connectivity index (χ2v) is 9.62. The molecule has 0 saturated heterocycles. The predicted molar refractivity (Wildman–Crippen MR) is 112 cm³/mol. The molecule has 2 aromatic rings. The summed E-state index contributed by atoms with van der Waals surface area (Å²) in [5.41, 5.74) is -0.432. The summed E-state index contributed by atoms with van der Waals surface area (Å²) in [7, 11) is -4.08. The van der Waals surface area contributed by atoms with Crippen molar-refractivity contribution in [2.75, 3.05) is 13.2 Å². The fourth-order valence-electron chi connectivity index (χ4n) is 3.83. The van der Waals surface area contributed by atoms with Crippen LogP contribution in [0.5, 0.6) is 0 Å². The first-order valence-electron chi connectivity index (χ1n) is 9.61. The first kappa shape index (κ1) is 22.3. The van der Waals surface area contributed by atoms with Crippen LogP contribution in [0.15, 0.2) is 53.4 Å². The zero-order valence-electron chi connectivity index (χ0n) is 16.9. The molecule has 0 unspecified atom stereocenters. The van der Waals surface area contributed by atoms with Gasteiger partial charge in [0.2, 0.25) is 0 Å². The number of hydrogen-bond acceptors (Lipinski definition) is 6. The zero-order valence-corrected chi connectivity index (χ0v) is 18.5. The third-order valence-electron chi connectivity index (χ3n) is 5.27. The molecule has 1 aliphatic rings. The fourth-order valence-corrected chi connectivity index (χ4v) is 6.25. The Morgan fingerprint density at radius 1 is 0.933 bits per heavy atom. The smallest absolute Gasteiger partial charge is 0.325 e. The maximum Gasteiger partial charge on any atom is 0.325 e. The summed E-state index contributed by atoms with van der Waals surface area (Å²) in [6.45, 7) is 5.11. The summed E-state index contributed by atoms with van der Waals surface area (Å²) in [6.07, 6.45) is 0. The summed E-state index contributed by atoms with van der Waals surface area (Å²) in [6, 6.07) is 12.7. The second-order valence-electron chi connectivity index (χ2n) is 7.12. The number of benzene rings is 2. The number of carbonyl (C=O) groups is 2. The molecule has 3 rings (SSSR count). The van der Waals surface area contributed by atoms with Gasteiger partial charge < -0.3 is 9.47 Å². The Labute approximate surface area is 181 Å². The average molecular weight is 451 g/mol. The van der Waals surface area contributed by atoms with E-state index in [0.29, 0.717) is 10.6 Å². The van der Waals surface area contributed by atoms with Crippen LogP contribution in [0.2, 0.25) is 5.02 Å². The van der Waals surface area contributed by atoms with Crippen molar-refractivity contribution in [3.8, 4) is 0 Å². The van der Waals surface area contributed by atoms with Gasteiger partial charge in [0.15, 0.2) is 15.3 Å². The van der Waals surface area contributed by atoms with E-state index in [0.717, 1.165) is 5.56 Å². The van der Waals surface area contributed by atoms with Crippen molar-refractivity contribution in [2.45, 2.75) is 36.8 Å². The Bertz CT molecular complexity index is 1030. The number of halogens is 1. The van der Waals surface area contributed by atoms with E-state index in [4.69, 9.17) is 21.1 Å².